The molecule has 0 saturated heterocycles. The number of aromatic nitrogens is 2. The molecule has 244 valence electrons. The fraction of sp³-hybridized carbons (Fsp3) is 0.0204. The number of hydrogen-bond acceptors (Lipinski definition) is 1. The number of hydrogen-bond donors (Lipinski definition) is 0. The third-order valence-electron chi connectivity index (χ3n) is 10.8. The monoisotopic (exact) mass is 680 g/mol. The van der Waals surface area contributed by atoms with E-state index in [2.05, 4.69) is 192 Å². The van der Waals surface area contributed by atoms with Crippen LogP contribution in [0.2, 0.25) is 0 Å². The molecule has 11 rings (SSSR count). The van der Waals surface area contributed by atoms with E-state index in [-0.39, 0.29) is 0 Å². The van der Waals surface area contributed by atoms with Gasteiger partial charge >= 0.3 is 0 Å². The van der Waals surface area contributed by atoms with Crippen LogP contribution in [0.1, 0.15) is 5.56 Å². The molecule has 0 aliphatic heterocycles. The van der Waals surface area contributed by atoms with Gasteiger partial charge in [-0.2, -0.15) is 0 Å². The first kappa shape index (κ1) is 29.3. The first-order valence-corrected chi connectivity index (χ1v) is 18.7. The zero-order valence-electron chi connectivity index (χ0n) is 28.5. The van der Waals surface area contributed by atoms with E-state index in [4.69, 9.17) is 0 Å². The Balaban J connectivity index is 1.15. The summed E-state index contributed by atoms with van der Waals surface area (Å²) in [5, 5.41) is 7.75. The highest BCUT2D eigenvalue weighted by atomic mass is 32.1. The van der Waals surface area contributed by atoms with Gasteiger partial charge in [0, 0.05) is 53.1 Å². The van der Waals surface area contributed by atoms with Crippen molar-refractivity contribution in [1.82, 2.24) is 9.13 Å². The molecular formula is C49H32N2S. The van der Waals surface area contributed by atoms with Crippen LogP contribution >= 0.6 is 11.3 Å². The van der Waals surface area contributed by atoms with Gasteiger partial charge in [0.15, 0.2) is 0 Å². The van der Waals surface area contributed by atoms with Gasteiger partial charge in [-0.3, -0.25) is 0 Å². The minimum atomic E-state index is 1.16. The maximum absolute atomic E-state index is 2.46. The summed E-state index contributed by atoms with van der Waals surface area (Å²) < 4.78 is 7.55. The molecule has 3 aromatic heterocycles. The molecule has 0 unspecified atom stereocenters. The van der Waals surface area contributed by atoms with Crippen LogP contribution in [0.3, 0.4) is 0 Å². The van der Waals surface area contributed by atoms with Gasteiger partial charge in [0.1, 0.15) is 0 Å². The molecule has 0 spiro atoms. The quantitative estimate of drug-likeness (QED) is 0.175. The Kier molecular flexibility index (Phi) is 6.37. The Morgan fingerprint density at radius 3 is 1.46 bits per heavy atom. The third kappa shape index (κ3) is 4.24. The average Bonchev–Trinajstić information content (AvgIpc) is 3.86. The van der Waals surface area contributed by atoms with Gasteiger partial charge in [0.2, 0.25) is 0 Å². The van der Waals surface area contributed by atoms with Gasteiger partial charge in [0.25, 0.3) is 0 Å². The second kappa shape index (κ2) is 11.3. The fourth-order valence-electron chi connectivity index (χ4n) is 8.55. The van der Waals surface area contributed by atoms with E-state index in [0.717, 1.165) is 5.69 Å². The fourth-order valence-corrected chi connectivity index (χ4v) is 9.92. The molecule has 0 atom stereocenters. The molecule has 0 N–H and O–H groups in total. The number of nitrogens with zero attached hydrogens (tertiary/aromatic N) is 2. The Morgan fingerprint density at radius 2 is 0.846 bits per heavy atom. The van der Waals surface area contributed by atoms with Crippen molar-refractivity contribution in [2.24, 2.45) is 0 Å². The van der Waals surface area contributed by atoms with Crippen LogP contribution in [0.4, 0.5) is 0 Å². The normalized spacial score (nSPS) is 11.9. The van der Waals surface area contributed by atoms with Gasteiger partial charge < -0.3 is 9.13 Å². The van der Waals surface area contributed by atoms with Crippen molar-refractivity contribution in [3.63, 3.8) is 0 Å². The van der Waals surface area contributed by atoms with Gasteiger partial charge in [-0.1, -0.05) is 127 Å². The van der Waals surface area contributed by atoms with E-state index in [1.165, 1.54) is 97.3 Å². The highest BCUT2D eigenvalue weighted by Gasteiger charge is 2.21. The Morgan fingerprint density at radius 1 is 0.365 bits per heavy atom. The van der Waals surface area contributed by atoms with Gasteiger partial charge in [-0.05, 0) is 83.3 Å². The third-order valence-corrected chi connectivity index (χ3v) is 12.0. The minimum absolute atomic E-state index is 1.16. The van der Waals surface area contributed by atoms with Crippen molar-refractivity contribution < 1.29 is 0 Å². The summed E-state index contributed by atoms with van der Waals surface area (Å²) in [5.74, 6) is 0. The lowest BCUT2D eigenvalue weighted by Gasteiger charge is -2.11. The molecule has 3 heteroatoms. The number of fused-ring (bicyclic) bond motifs is 10. The summed E-state index contributed by atoms with van der Waals surface area (Å²) in [6, 6.07) is 64.6. The molecule has 2 nitrogen and oxygen atoms in total. The van der Waals surface area contributed by atoms with Crippen molar-refractivity contribution in [3.8, 4) is 33.6 Å². The lowest BCUT2D eigenvalue weighted by atomic mass is 10.00. The summed E-state index contributed by atoms with van der Waals surface area (Å²) in [7, 11) is 0. The average molecular weight is 681 g/mol. The molecule has 52 heavy (non-hydrogen) atoms. The minimum Gasteiger partial charge on any atom is -0.309 e. The van der Waals surface area contributed by atoms with Crippen LogP contribution in [-0.2, 0) is 0 Å². The smallest absolute Gasteiger partial charge is 0.0548 e. The first-order chi connectivity index (χ1) is 25.7. The number of rotatable bonds is 4. The standard InChI is InChI=1S/C49H32N2S/c1-31-13-9-17-34(29-31)50-42-25-7-5-19-40(42)46-44(50)27-28-45-47(46)41-20-6-8-26-43(41)51(45)35-18-10-16-33(30-35)37-22-12-24-39-38-23-11-21-36(48(38)52-49(37)39)32-14-3-2-4-15-32/h2-30H,1H3. The molecule has 8 aromatic carbocycles. The maximum Gasteiger partial charge on any atom is 0.0548 e. The lowest BCUT2D eigenvalue weighted by Crippen LogP contribution is -1.95. The molecule has 0 amide bonds. The predicted molar refractivity (Wildman–Crippen MR) is 224 cm³/mol. The molecule has 3 heterocycles. The second-order valence-electron chi connectivity index (χ2n) is 13.8. The number of aryl methyl sites for hydroxylation is 1. The summed E-state index contributed by atoms with van der Waals surface area (Å²) in [4.78, 5) is 0. The van der Waals surface area contributed by atoms with Crippen molar-refractivity contribution in [2.45, 2.75) is 6.92 Å². The van der Waals surface area contributed by atoms with Crippen molar-refractivity contribution in [2.75, 3.05) is 0 Å². The van der Waals surface area contributed by atoms with Crippen LogP contribution < -0.4 is 0 Å². The Bertz CT molecular complexity index is 3190. The van der Waals surface area contributed by atoms with Crippen LogP contribution in [0.15, 0.2) is 176 Å². The molecule has 0 radical (unpaired) electrons. The number of para-hydroxylation sites is 2. The van der Waals surface area contributed by atoms with E-state index in [1.807, 2.05) is 11.3 Å². The molecule has 0 fully saturated rings. The Labute approximate surface area is 305 Å². The van der Waals surface area contributed by atoms with Crippen LogP contribution in [0.25, 0.3) is 97.4 Å². The van der Waals surface area contributed by atoms with E-state index < -0.39 is 0 Å². The topological polar surface area (TPSA) is 9.86 Å². The first-order valence-electron chi connectivity index (χ1n) is 17.9. The van der Waals surface area contributed by atoms with E-state index in [0.29, 0.717) is 0 Å². The summed E-state index contributed by atoms with van der Waals surface area (Å²) >= 11 is 1.91. The number of thiophene rings is 1. The van der Waals surface area contributed by atoms with Crippen molar-refractivity contribution in [3.05, 3.63) is 181 Å². The SMILES string of the molecule is Cc1cccc(-n2c3ccccc3c3c4c5ccccc5n(-c5cccc(-c6cccc7c6sc6c(-c8ccccc8)cccc67)c5)c4ccc32)c1. The Hall–Kier alpha value is -6.42. The van der Waals surface area contributed by atoms with E-state index >= 15 is 0 Å². The summed E-state index contributed by atoms with van der Waals surface area (Å²) in [5.41, 5.74) is 13.5. The zero-order valence-corrected chi connectivity index (χ0v) is 29.4. The van der Waals surface area contributed by atoms with E-state index in [1.54, 1.807) is 0 Å². The summed E-state index contributed by atoms with van der Waals surface area (Å²) in [6.45, 7) is 2.17. The molecular weight excluding hydrogens is 649 g/mol. The van der Waals surface area contributed by atoms with Gasteiger partial charge in [-0.15, -0.1) is 11.3 Å². The van der Waals surface area contributed by atoms with Crippen LogP contribution in [0.5, 0.6) is 0 Å². The van der Waals surface area contributed by atoms with Crippen LogP contribution in [0, 0.1) is 6.92 Å². The highest BCUT2D eigenvalue weighted by molar-refractivity contribution is 7.26. The molecule has 0 saturated carbocycles. The largest absolute Gasteiger partial charge is 0.309 e. The van der Waals surface area contributed by atoms with Crippen LogP contribution in [-0.4, -0.2) is 9.13 Å². The second-order valence-corrected chi connectivity index (χ2v) is 14.8. The van der Waals surface area contributed by atoms with Crippen molar-refractivity contribution >= 4 is 75.1 Å². The molecule has 0 aliphatic carbocycles. The summed E-state index contributed by atoms with van der Waals surface area (Å²) in [6.07, 6.45) is 0. The molecule has 0 bridgehead atoms. The highest BCUT2D eigenvalue weighted by Crippen LogP contribution is 2.45. The number of benzene rings is 8. The zero-order chi connectivity index (χ0) is 34.3. The van der Waals surface area contributed by atoms with Gasteiger partial charge in [-0.25, -0.2) is 0 Å². The maximum atomic E-state index is 2.46. The van der Waals surface area contributed by atoms with E-state index in [9.17, 15) is 0 Å². The van der Waals surface area contributed by atoms with Gasteiger partial charge in [0.05, 0.1) is 22.1 Å². The molecule has 0 aliphatic rings. The lowest BCUT2D eigenvalue weighted by molar-refractivity contribution is 1.17. The van der Waals surface area contributed by atoms with Crippen molar-refractivity contribution in [1.29, 1.82) is 0 Å². The molecule has 11 aromatic rings. The predicted octanol–water partition coefficient (Wildman–Crippen LogP) is 13.9.